The van der Waals surface area contributed by atoms with Crippen LogP contribution in [0.15, 0.2) is 42.6 Å². The molecule has 2 N–H and O–H groups in total. The molecule has 0 bridgehead atoms. The molecule has 0 aliphatic rings. The molecule has 0 aliphatic heterocycles. The highest BCUT2D eigenvalue weighted by Crippen LogP contribution is 2.16. The number of benzene rings is 1. The Bertz CT molecular complexity index is 349. The van der Waals surface area contributed by atoms with Gasteiger partial charge in [0.2, 0.25) is 0 Å². The van der Waals surface area contributed by atoms with Crippen molar-refractivity contribution >= 4 is 5.97 Å². The number of nitrogens with two attached hydrogens (primary N) is 1. The van der Waals surface area contributed by atoms with Crippen molar-refractivity contribution in [1.82, 2.24) is 0 Å². The largest absolute Gasteiger partial charge is 0.459 e. The lowest BCUT2D eigenvalue weighted by Gasteiger charge is -2.15. The van der Waals surface area contributed by atoms with E-state index in [1.807, 2.05) is 30.3 Å². The Morgan fingerprint density at radius 3 is 2.69 bits per heavy atom. The molecule has 16 heavy (non-hydrogen) atoms. The van der Waals surface area contributed by atoms with Crippen LogP contribution >= 0.6 is 0 Å². The third-order valence-electron chi connectivity index (χ3n) is 2.07. The second-order valence-corrected chi connectivity index (χ2v) is 3.12. The number of ether oxygens (including phenoxy) is 2. The van der Waals surface area contributed by atoms with E-state index in [2.05, 4.69) is 0 Å². The summed E-state index contributed by atoms with van der Waals surface area (Å²) in [6, 6.07) is 9.56. The Hall–Kier alpha value is -1.81. The summed E-state index contributed by atoms with van der Waals surface area (Å²) in [7, 11) is 1.57. The van der Waals surface area contributed by atoms with Crippen molar-refractivity contribution in [2.24, 2.45) is 5.73 Å². The van der Waals surface area contributed by atoms with Crippen LogP contribution in [-0.2, 0) is 14.3 Å². The van der Waals surface area contributed by atoms with Gasteiger partial charge in [-0.3, -0.25) is 0 Å². The summed E-state index contributed by atoms with van der Waals surface area (Å²) in [5, 5.41) is 0. The van der Waals surface area contributed by atoms with E-state index in [1.54, 1.807) is 7.11 Å². The van der Waals surface area contributed by atoms with Gasteiger partial charge >= 0.3 is 5.97 Å². The van der Waals surface area contributed by atoms with Crippen LogP contribution in [0.3, 0.4) is 0 Å². The summed E-state index contributed by atoms with van der Waals surface area (Å²) in [6.45, 7) is 0.170. The lowest BCUT2D eigenvalue weighted by Crippen LogP contribution is -2.13. The molecule has 86 valence electrons. The van der Waals surface area contributed by atoms with E-state index in [-0.39, 0.29) is 12.7 Å². The fourth-order valence-corrected chi connectivity index (χ4v) is 1.25. The molecule has 1 aromatic carbocycles. The van der Waals surface area contributed by atoms with E-state index in [0.717, 1.165) is 17.8 Å². The average molecular weight is 221 g/mol. The second kappa shape index (κ2) is 6.63. The SMILES string of the molecule is COC(COC(=O)C=CN)c1ccccc1. The van der Waals surface area contributed by atoms with Gasteiger partial charge in [0.1, 0.15) is 12.7 Å². The third kappa shape index (κ3) is 3.74. The molecule has 1 rings (SSSR count). The highest BCUT2D eigenvalue weighted by Gasteiger charge is 2.11. The van der Waals surface area contributed by atoms with E-state index in [0.29, 0.717) is 0 Å². The molecule has 4 heteroatoms. The molecule has 1 aromatic rings. The highest BCUT2D eigenvalue weighted by atomic mass is 16.6. The molecule has 1 atom stereocenters. The zero-order valence-electron chi connectivity index (χ0n) is 9.13. The molecule has 4 nitrogen and oxygen atoms in total. The maximum atomic E-state index is 11.1. The Balaban J connectivity index is 2.53. The van der Waals surface area contributed by atoms with Gasteiger partial charge in [0, 0.05) is 19.4 Å². The fraction of sp³-hybridized carbons (Fsp3) is 0.250. The Morgan fingerprint density at radius 1 is 1.44 bits per heavy atom. The van der Waals surface area contributed by atoms with Crippen molar-refractivity contribution in [1.29, 1.82) is 0 Å². The van der Waals surface area contributed by atoms with Crippen molar-refractivity contribution in [2.75, 3.05) is 13.7 Å². The molecule has 0 amide bonds. The monoisotopic (exact) mass is 221 g/mol. The summed E-state index contributed by atoms with van der Waals surface area (Å²) in [5.74, 6) is -0.472. The molecule has 0 fully saturated rings. The maximum absolute atomic E-state index is 11.1. The summed E-state index contributed by atoms with van der Waals surface area (Å²) in [4.78, 5) is 11.1. The molecular weight excluding hydrogens is 206 g/mol. The van der Waals surface area contributed by atoms with Crippen molar-refractivity contribution in [3.8, 4) is 0 Å². The average Bonchev–Trinajstić information content (AvgIpc) is 2.31. The van der Waals surface area contributed by atoms with Gasteiger partial charge in [-0.15, -0.1) is 0 Å². The van der Waals surface area contributed by atoms with Gasteiger partial charge < -0.3 is 15.2 Å². The number of rotatable bonds is 5. The molecule has 0 saturated carbocycles. The van der Waals surface area contributed by atoms with Crippen molar-refractivity contribution in [3.63, 3.8) is 0 Å². The summed E-state index contributed by atoms with van der Waals surface area (Å²) in [6.07, 6.45) is 2.06. The van der Waals surface area contributed by atoms with E-state index >= 15 is 0 Å². The van der Waals surface area contributed by atoms with Crippen LogP contribution in [0.25, 0.3) is 0 Å². The summed E-state index contributed by atoms with van der Waals surface area (Å²) in [5.41, 5.74) is 6.03. The van der Waals surface area contributed by atoms with Crippen molar-refractivity contribution in [3.05, 3.63) is 48.2 Å². The van der Waals surface area contributed by atoms with Crippen LogP contribution in [0.4, 0.5) is 0 Å². The third-order valence-corrected chi connectivity index (χ3v) is 2.07. The molecule has 0 aliphatic carbocycles. The molecular formula is C12H15NO3. The zero-order chi connectivity index (χ0) is 11.8. The van der Waals surface area contributed by atoms with E-state index in [4.69, 9.17) is 15.2 Å². The van der Waals surface area contributed by atoms with E-state index in [9.17, 15) is 4.79 Å². The molecule has 0 saturated heterocycles. The smallest absolute Gasteiger partial charge is 0.332 e. The minimum absolute atomic E-state index is 0.170. The van der Waals surface area contributed by atoms with Gasteiger partial charge in [0.25, 0.3) is 0 Å². The number of methoxy groups -OCH3 is 1. The summed E-state index contributed by atoms with van der Waals surface area (Å²) < 4.78 is 10.2. The van der Waals surface area contributed by atoms with Crippen LogP contribution in [0, 0.1) is 0 Å². The molecule has 0 spiro atoms. The first kappa shape index (κ1) is 12.3. The molecule has 0 heterocycles. The maximum Gasteiger partial charge on any atom is 0.332 e. The summed E-state index contributed by atoms with van der Waals surface area (Å²) >= 11 is 0. The van der Waals surface area contributed by atoms with Crippen molar-refractivity contribution < 1.29 is 14.3 Å². The highest BCUT2D eigenvalue weighted by molar-refractivity contribution is 5.81. The van der Waals surface area contributed by atoms with Crippen molar-refractivity contribution in [2.45, 2.75) is 6.10 Å². The lowest BCUT2D eigenvalue weighted by atomic mass is 10.1. The second-order valence-electron chi connectivity index (χ2n) is 3.12. The molecule has 0 aromatic heterocycles. The first-order chi connectivity index (χ1) is 7.77. The number of carbonyl (C=O) groups excluding carboxylic acids is 1. The number of esters is 1. The Morgan fingerprint density at radius 2 is 2.12 bits per heavy atom. The number of carbonyl (C=O) groups is 1. The van der Waals surface area contributed by atoms with Gasteiger partial charge in [-0.2, -0.15) is 0 Å². The minimum atomic E-state index is -0.472. The Labute approximate surface area is 94.7 Å². The van der Waals surface area contributed by atoms with Gasteiger partial charge in [-0.05, 0) is 5.56 Å². The Kier molecular flexibility index (Phi) is 5.08. The van der Waals surface area contributed by atoms with Gasteiger partial charge in [-0.25, -0.2) is 4.79 Å². The van der Waals surface area contributed by atoms with Crippen LogP contribution < -0.4 is 5.73 Å². The first-order valence-corrected chi connectivity index (χ1v) is 4.90. The van der Waals surface area contributed by atoms with Gasteiger partial charge in [0.15, 0.2) is 0 Å². The predicted molar refractivity (Wildman–Crippen MR) is 60.5 cm³/mol. The first-order valence-electron chi connectivity index (χ1n) is 4.90. The normalized spacial score (nSPS) is 12.6. The van der Waals surface area contributed by atoms with Crippen LogP contribution in [0.2, 0.25) is 0 Å². The van der Waals surface area contributed by atoms with Crippen LogP contribution in [-0.4, -0.2) is 19.7 Å². The molecule has 0 radical (unpaired) electrons. The van der Waals surface area contributed by atoms with Crippen LogP contribution in [0.5, 0.6) is 0 Å². The zero-order valence-corrected chi connectivity index (χ0v) is 9.13. The molecule has 1 unspecified atom stereocenters. The van der Waals surface area contributed by atoms with E-state index < -0.39 is 5.97 Å². The van der Waals surface area contributed by atoms with Gasteiger partial charge in [0.05, 0.1) is 0 Å². The number of hydrogen-bond acceptors (Lipinski definition) is 4. The number of hydrogen-bond donors (Lipinski definition) is 1. The topological polar surface area (TPSA) is 61.5 Å². The predicted octanol–water partition coefficient (Wildman–Crippen LogP) is 1.39. The lowest BCUT2D eigenvalue weighted by molar-refractivity contribution is -0.141. The van der Waals surface area contributed by atoms with Gasteiger partial charge in [-0.1, -0.05) is 30.3 Å². The minimum Gasteiger partial charge on any atom is -0.459 e. The standard InChI is InChI=1S/C12H15NO3/c1-15-11(9-16-12(14)7-8-13)10-5-3-2-4-6-10/h2-8,11H,9,13H2,1H3. The van der Waals surface area contributed by atoms with Crippen LogP contribution in [0.1, 0.15) is 11.7 Å². The fourth-order valence-electron chi connectivity index (χ4n) is 1.25. The quantitative estimate of drug-likeness (QED) is 0.603. The van der Waals surface area contributed by atoms with E-state index in [1.165, 1.54) is 0 Å².